The number of aliphatic hydroxyl groups is 1. The Hall–Kier alpha value is -5.49. The number of Topliss-reactive ketones (excluding diaryl/α,β-unsaturated/α-hetero) is 1. The number of methoxy groups -OCH3 is 1. The number of carbonyl (C=O) groups excluding carboxylic acids is 2. The highest BCUT2D eigenvalue weighted by atomic mass is 16.7. The molecule has 1 aliphatic rings. The van der Waals surface area contributed by atoms with Crippen molar-refractivity contribution in [2.75, 3.05) is 7.11 Å². The zero-order valence-corrected chi connectivity index (χ0v) is 27.9. The number of fused-ring (bicyclic) bond motifs is 1. The summed E-state index contributed by atoms with van der Waals surface area (Å²) in [5.74, 6) is -0.620. The van der Waals surface area contributed by atoms with Crippen molar-refractivity contribution >= 4 is 22.8 Å². The molecule has 0 radical (unpaired) electrons. The number of hydrogen-bond acceptors (Lipinski definition) is 10. The van der Waals surface area contributed by atoms with Gasteiger partial charge in [-0.3, -0.25) is 4.79 Å². The molecular formula is C39H37NO10. The van der Waals surface area contributed by atoms with Crippen LogP contribution in [0.15, 0.2) is 100 Å². The smallest absolute Gasteiger partial charge is 0.404 e. The number of aryl methyl sites for hydroxylation is 1. The Morgan fingerprint density at radius 2 is 1.50 bits per heavy atom. The van der Waals surface area contributed by atoms with E-state index in [1.54, 1.807) is 32.9 Å². The van der Waals surface area contributed by atoms with Crippen LogP contribution in [0.2, 0.25) is 0 Å². The average molecular weight is 680 g/mol. The number of rotatable bonds is 9. The molecule has 258 valence electrons. The largest absolute Gasteiger partial charge is 0.507 e. The molecule has 4 aromatic carbocycles. The molecule has 0 aliphatic carbocycles. The van der Waals surface area contributed by atoms with Crippen LogP contribution in [0.25, 0.3) is 33.2 Å². The van der Waals surface area contributed by atoms with Crippen LogP contribution in [0.5, 0.6) is 11.5 Å². The Morgan fingerprint density at radius 1 is 0.900 bits per heavy atom. The Balaban J connectivity index is 1.31. The molecule has 2 heterocycles. The summed E-state index contributed by atoms with van der Waals surface area (Å²) in [6.45, 7) is 4.95. The second kappa shape index (κ2) is 13.8. The van der Waals surface area contributed by atoms with Crippen LogP contribution < -0.4 is 16.1 Å². The minimum absolute atomic E-state index is 0.0166. The highest BCUT2D eigenvalue weighted by Crippen LogP contribution is 2.38. The number of ketones is 1. The van der Waals surface area contributed by atoms with Gasteiger partial charge in [0.2, 0.25) is 6.29 Å². The topological polar surface area (TPSA) is 168 Å². The molecule has 1 fully saturated rings. The fourth-order valence-electron chi connectivity index (χ4n) is 6.40. The summed E-state index contributed by atoms with van der Waals surface area (Å²) in [6, 6.07) is 27.8. The monoisotopic (exact) mass is 679 g/mol. The lowest BCUT2D eigenvalue weighted by atomic mass is 9.89. The molecule has 4 atom stereocenters. The summed E-state index contributed by atoms with van der Waals surface area (Å²) < 4.78 is 28.3. The van der Waals surface area contributed by atoms with E-state index >= 15 is 0 Å². The lowest BCUT2D eigenvalue weighted by Gasteiger charge is -2.47. The van der Waals surface area contributed by atoms with E-state index in [9.17, 15) is 24.6 Å². The van der Waals surface area contributed by atoms with E-state index in [1.807, 2.05) is 66.7 Å². The molecule has 4 N–H and O–H groups in total. The number of primary amides is 1. The van der Waals surface area contributed by atoms with Crippen LogP contribution in [-0.2, 0) is 20.6 Å². The van der Waals surface area contributed by atoms with Gasteiger partial charge in [-0.1, -0.05) is 60.7 Å². The van der Waals surface area contributed by atoms with Gasteiger partial charge in [-0.25, -0.2) is 9.59 Å². The van der Waals surface area contributed by atoms with Gasteiger partial charge in [0.25, 0.3) is 0 Å². The van der Waals surface area contributed by atoms with Crippen molar-refractivity contribution in [3.8, 4) is 33.8 Å². The SMILES string of the molecule is CO[C@@H]1[C@@H](OC(N)=O)[C@@H](O)[C@H](Oc2ccc3c(O)c(CC(=O)c4cc(-c5ccccc5)cc(-c5ccccc5)c4)c(=O)oc3c2C)OC1(C)C. The third-order valence-electron chi connectivity index (χ3n) is 8.91. The molecule has 1 aliphatic heterocycles. The Bertz CT molecular complexity index is 2050. The number of benzene rings is 4. The first-order valence-corrected chi connectivity index (χ1v) is 16.0. The van der Waals surface area contributed by atoms with Crippen molar-refractivity contribution in [1.82, 2.24) is 0 Å². The van der Waals surface area contributed by atoms with E-state index in [0.29, 0.717) is 11.1 Å². The molecular weight excluding hydrogens is 642 g/mol. The minimum atomic E-state index is -1.51. The Labute approximate surface area is 287 Å². The second-order valence-corrected chi connectivity index (χ2v) is 12.7. The Morgan fingerprint density at radius 3 is 2.06 bits per heavy atom. The summed E-state index contributed by atoms with van der Waals surface area (Å²) >= 11 is 0. The molecule has 50 heavy (non-hydrogen) atoms. The van der Waals surface area contributed by atoms with Gasteiger partial charge < -0.3 is 39.3 Å². The number of aliphatic hydroxyl groups excluding tert-OH is 1. The highest BCUT2D eigenvalue weighted by Gasteiger charge is 2.53. The van der Waals surface area contributed by atoms with Crippen molar-refractivity contribution < 1.29 is 43.2 Å². The normalized spacial score (nSPS) is 19.9. The van der Waals surface area contributed by atoms with Gasteiger partial charge in [0.05, 0.1) is 16.6 Å². The quantitative estimate of drug-likeness (QED) is 0.126. The van der Waals surface area contributed by atoms with Crippen molar-refractivity contribution in [3.63, 3.8) is 0 Å². The van der Waals surface area contributed by atoms with Crippen molar-refractivity contribution in [2.24, 2.45) is 5.73 Å². The van der Waals surface area contributed by atoms with E-state index in [0.717, 1.165) is 22.3 Å². The zero-order chi connectivity index (χ0) is 35.7. The molecule has 0 unspecified atom stereocenters. The first kappa shape index (κ1) is 34.4. The number of ether oxygens (including phenoxy) is 4. The first-order chi connectivity index (χ1) is 23.9. The maximum Gasteiger partial charge on any atom is 0.404 e. The lowest BCUT2D eigenvalue weighted by Crippen LogP contribution is -2.65. The van der Waals surface area contributed by atoms with E-state index in [4.69, 9.17) is 29.1 Å². The molecule has 5 aromatic rings. The predicted molar refractivity (Wildman–Crippen MR) is 185 cm³/mol. The fraction of sp³-hybridized carbons (Fsp3) is 0.256. The van der Waals surface area contributed by atoms with E-state index in [2.05, 4.69) is 0 Å². The third-order valence-corrected chi connectivity index (χ3v) is 8.91. The summed E-state index contributed by atoms with van der Waals surface area (Å²) in [7, 11) is 1.38. The van der Waals surface area contributed by atoms with Crippen molar-refractivity contribution in [1.29, 1.82) is 0 Å². The molecule has 1 amide bonds. The van der Waals surface area contributed by atoms with Crippen LogP contribution in [-0.4, -0.2) is 59.4 Å². The first-order valence-electron chi connectivity index (χ1n) is 16.0. The molecule has 0 saturated carbocycles. The van der Waals surface area contributed by atoms with Gasteiger partial charge in [-0.2, -0.15) is 0 Å². The minimum Gasteiger partial charge on any atom is -0.507 e. The molecule has 1 saturated heterocycles. The molecule has 11 heteroatoms. The van der Waals surface area contributed by atoms with E-state index < -0.39 is 54.1 Å². The van der Waals surface area contributed by atoms with Gasteiger partial charge in [0.15, 0.2) is 18.0 Å². The number of hydrogen-bond donors (Lipinski definition) is 3. The van der Waals surface area contributed by atoms with Gasteiger partial charge in [0, 0.05) is 24.7 Å². The van der Waals surface area contributed by atoms with Crippen molar-refractivity contribution in [3.05, 3.63) is 118 Å². The maximum atomic E-state index is 13.8. The molecule has 0 spiro atoms. The lowest BCUT2D eigenvalue weighted by molar-refractivity contribution is -0.304. The summed E-state index contributed by atoms with van der Waals surface area (Å²) in [5, 5.41) is 22.5. The predicted octanol–water partition coefficient (Wildman–Crippen LogP) is 5.92. The maximum absolute atomic E-state index is 13.8. The van der Waals surface area contributed by atoms with Crippen LogP contribution in [0.4, 0.5) is 4.79 Å². The van der Waals surface area contributed by atoms with Gasteiger partial charge >= 0.3 is 11.7 Å². The fourth-order valence-corrected chi connectivity index (χ4v) is 6.40. The zero-order valence-electron chi connectivity index (χ0n) is 27.9. The number of carbonyl (C=O) groups is 2. The number of nitrogens with two attached hydrogens (primary N) is 1. The van der Waals surface area contributed by atoms with Crippen LogP contribution in [0.1, 0.15) is 35.3 Å². The number of amides is 1. The van der Waals surface area contributed by atoms with Gasteiger partial charge in [-0.05, 0) is 73.4 Å². The highest BCUT2D eigenvalue weighted by molar-refractivity contribution is 6.01. The number of aromatic hydroxyl groups is 1. The molecule has 11 nitrogen and oxygen atoms in total. The van der Waals surface area contributed by atoms with E-state index in [1.165, 1.54) is 19.2 Å². The summed E-state index contributed by atoms with van der Waals surface area (Å²) in [6.07, 6.45) is -6.46. The Kier molecular flexibility index (Phi) is 9.48. The molecule has 6 rings (SSSR count). The van der Waals surface area contributed by atoms with Crippen LogP contribution >= 0.6 is 0 Å². The van der Waals surface area contributed by atoms with Crippen LogP contribution in [0, 0.1) is 6.92 Å². The van der Waals surface area contributed by atoms with Crippen molar-refractivity contribution in [2.45, 2.75) is 57.4 Å². The van der Waals surface area contributed by atoms with E-state index in [-0.39, 0.29) is 28.1 Å². The molecule has 1 aromatic heterocycles. The third kappa shape index (κ3) is 6.71. The summed E-state index contributed by atoms with van der Waals surface area (Å²) in [4.78, 5) is 38.7. The van der Waals surface area contributed by atoms with Gasteiger partial charge in [-0.15, -0.1) is 0 Å². The van der Waals surface area contributed by atoms with Crippen LogP contribution in [0.3, 0.4) is 0 Å². The molecule has 0 bridgehead atoms. The second-order valence-electron chi connectivity index (χ2n) is 12.7. The summed E-state index contributed by atoms with van der Waals surface area (Å²) in [5.41, 5.74) is 7.27. The standard InChI is InChI=1S/C39H37NO10/c1-21-30(47-37-32(43)34(49-38(40)45)35(46-4)39(2,3)50-37)16-15-27-31(42)28(36(44)48-33(21)27)20-29(41)26-18-24(22-11-7-5-8-12-22)17-25(19-26)23-13-9-6-10-14-23/h5-19,32,34-35,37,42-43H,20H2,1-4H3,(H2,40,45)/t32-,34+,35-,37-/m1/s1. The van der Waals surface area contributed by atoms with Gasteiger partial charge in [0.1, 0.15) is 23.2 Å². The average Bonchev–Trinajstić information content (AvgIpc) is 3.10.